The summed E-state index contributed by atoms with van der Waals surface area (Å²) in [5.74, 6) is 0.849. The second-order valence-corrected chi connectivity index (χ2v) is 9.25. The van der Waals surface area contributed by atoms with Gasteiger partial charge in [0.1, 0.15) is 0 Å². The number of thioether (sulfide) groups is 1. The molecule has 3 amide bonds. The zero-order chi connectivity index (χ0) is 19.4. The summed E-state index contributed by atoms with van der Waals surface area (Å²) in [7, 11) is 0. The number of amides is 3. The Labute approximate surface area is 174 Å². The number of carbonyl (C=O) groups excluding carboxylic acids is 2. The number of nitrogens with zero attached hydrogens (tertiary/aromatic N) is 2. The first-order valence-corrected chi connectivity index (χ1v) is 11.1. The van der Waals surface area contributed by atoms with Gasteiger partial charge in [0.25, 0.3) is 5.91 Å². The molecule has 5 nitrogen and oxygen atoms in total. The van der Waals surface area contributed by atoms with Gasteiger partial charge >= 0.3 is 6.03 Å². The first-order chi connectivity index (χ1) is 13.0. The largest absolute Gasteiger partial charge is 0.338 e. The van der Waals surface area contributed by atoms with Crippen LogP contribution in [-0.2, 0) is 0 Å². The van der Waals surface area contributed by atoms with E-state index in [0.29, 0.717) is 41.8 Å². The summed E-state index contributed by atoms with van der Waals surface area (Å²) < 4.78 is 0. The molecular formula is C19H25Cl2N3O2S. The molecule has 0 aromatic heterocycles. The summed E-state index contributed by atoms with van der Waals surface area (Å²) in [4.78, 5) is 29.0. The van der Waals surface area contributed by atoms with Crippen LogP contribution in [-0.4, -0.2) is 58.5 Å². The van der Waals surface area contributed by atoms with E-state index in [0.717, 1.165) is 31.4 Å². The van der Waals surface area contributed by atoms with Crippen molar-refractivity contribution >= 4 is 46.9 Å². The van der Waals surface area contributed by atoms with Crippen molar-refractivity contribution in [3.05, 3.63) is 33.8 Å². The predicted molar refractivity (Wildman–Crippen MR) is 112 cm³/mol. The number of carbonyl (C=O) groups is 2. The standard InChI is InChI=1S/C19H25Cl2N3O2S/c1-2-3-8-22-18(26)23-9-6-19(7-10-23)24(11-12-27-19)17(25)15-5-4-14(20)13-16(15)21/h4-5,13H,2-3,6-12H2,1H3,(H,22,26). The lowest BCUT2D eigenvalue weighted by atomic mass is 10.0. The SMILES string of the molecule is CCCCNC(=O)N1CCC2(CC1)SCCN2C(=O)c1ccc(Cl)cc1Cl. The van der Waals surface area contributed by atoms with E-state index < -0.39 is 0 Å². The highest BCUT2D eigenvalue weighted by Gasteiger charge is 2.47. The van der Waals surface area contributed by atoms with Gasteiger partial charge in [0, 0.05) is 37.0 Å². The van der Waals surface area contributed by atoms with Crippen LogP contribution >= 0.6 is 35.0 Å². The minimum atomic E-state index is -0.250. The van der Waals surface area contributed by atoms with Gasteiger partial charge in [0.15, 0.2) is 0 Å². The van der Waals surface area contributed by atoms with Crippen LogP contribution in [0, 0.1) is 0 Å². The van der Waals surface area contributed by atoms with Crippen LogP contribution in [0.5, 0.6) is 0 Å². The summed E-state index contributed by atoms with van der Waals surface area (Å²) in [5.41, 5.74) is 0.489. The average molecular weight is 430 g/mol. The van der Waals surface area contributed by atoms with Gasteiger partial charge in [0.05, 0.1) is 15.5 Å². The molecule has 2 aliphatic heterocycles. The molecule has 0 saturated carbocycles. The minimum Gasteiger partial charge on any atom is -0.338 e. The van der Waals surface area contributed by atoms with Gasteiger partial charge in [-0.05, 0) is 37.5 Å². The fourth-order valence-corrected chi connectivity index (χ4v) is 5.61. The average Bonchev–Trinajstić information content (AvgIpc) is 3.05. The Bertz CT molecular complexity index is 708. The third-order valence-electron chi connectivity index (χ3n) is 5.22. The van der Waals surface area contributed by atoms with E-state index in [-0.39, 0.29) is 16.8 Å². The van der Waals surface area contributed by atoms with E-state index in [9.17, 15) is 9.59 Å². The molecule has 1 aromatic carbocycles. The Kier molecular flexibility index (Phi) is 6.82. The number of hydrogen-bond donors (Lipinski definition) is 1. The van der Waals surface area contributed by atoms with Gasteiger partial charge < -0.3 is 15.1 Å². The molecule has 8 heteroatoms. The molecule has 2 heterocycles. The quantitative estimate of drug-likeness (QED) is 0.717. The summed E-state index contributed by atoms with van der Waals surface area (Å²) in [5, 5.41) is 3.87. The molecule has 1 N–H and O–H groups in total. The van der Waals surface area contributed by atoms with Crippen molar-refractivity contribution in [1.82, 2.24) is 15.1 Å². The van der Waals surface area contributed by atoms with Gasteiger partial charge in [-0.3, -0.25) is 4.79 Å². The van der Waals surface area contributed by atoms with Crippen molar-refractivity contribution in [2.24, 2.45) is 0 Å². The maximum absolute atomic E-state index is 13.1. The van der Waals surface area contributed by atoms with Crippen molar-refractivity contribution in [2.75, 3.05) is 31.9 Å². The van der Waals surface area contributed by atoms with Gasteiger partial charge in [0.2, 0.25) is 0 Å². The van der Waals surface area contributed by atoms with Crippen LogP contribution in [0.3, 0.4) is 0 Å². The molecule has 3 rings (SSSR count). The number of benzene rings is 1. The lowest BCUT2D eigenvalue weighted by Gasteiger charge is -2.44. The maximum Gasteiger partial charge on any atom is 0.317 e. The zero-order valence-electron chi connectivity index (χ0n) is 15.5. The van der Waals surface area contributed by atoms with Crippen molar-refractivity contribution in [3.63, 3.8) is 0 Å². The summed E-state index contributed by atoms with van der Waals surface area (Å²) >= 11 is 14.0. The number of piperidine rings is 1. The Morgan fingerprint density at radius 3 is 2.63 bits per heavy atom. The molecule has 27 heavy (non-hydrogen) atoms. The van der Waals surface area contributed by atoms with E-state index in [1.807, 2.05) is 21.6 Å². The number of nitrogens with one attached hydrogen (secondary N) is 1. The zero-order valence-corrected chi connectivity index (χ0v) is 17.8. The number of hydrogen-bond acceptors (Lipinski definition) is 3. The molecule has 2 fully saturated rings. The molecule has 2 aliphatic rings. The molecule has 148 valence electrons. The van der Waals surface area contributed by atoms with Crippen LogP contribution in [0.2, 0.25) is 10.0 Å². The third kappa shape index (κ3) is 4.49. The molecular weight excluding hydrogens is 405 g/mol. The lowest BCUT2D eigenvalue weighted by Crippen LogP contribution is -2.55. The Morgan fingerprint density at radius 2 is 1.96 bits per heavy atom. The monoisotopic (exact) mass is 429 g/mol. The van der Waals surface area contributed by atoms with Crippen molar-refractivity contribution < 1.29 is 9.59 Å². The first kappa shape index (κ1) is 20.6. The van der Waals surface area contributed by atoms with Crippen LogP contribution in [0.15, 0.2) is 18.2 Å². The van der Waals surface area contributed by atoms with E-state index >= 15 is 0 Å². The van der Waals surface area contributed by atoms with E-state index in [2.05, 4.69) is 12.2 Å². The highest BCUT2D eigenvalue weighted by molar-refractivity contribution is 8.00. The second-order valence-electron chi connectivity index (χ2n) is 6.95. The van der Waals surface area contributed by atoms with E-state index in [1.54, 1.807) is 18.2 Å². The summed E-state index contributed by atoms with van der Waals surface area (Å²) in [6.07, 6.45) is 3.60. The topological polar surface area (TPSA) is 52.7 Å². The molecule has 0 atom stereocenters. The Morgan fingerprint density at radius 1 is 1.22 bits per heavy atom. The van der Waals surface area contributed by atoms with Crippen LogP contribution < -0.4 is 5.32 Å². The fraction of sp³-hybridized carbons (Fsp3) is 0.579. The van der Waals surface area contributed by atoms with Crippen LogP contribution in [0.25, 0.3) is 0 Å². The van der Waals surface area contributed by atoms with Crippen molar-refractivity contribution in [2.45, 2.75) is 37.5 Å². The highest BCUT2D eigenvalue weighted by Crippen LogP contribution is 2.45. The lowest BCUT2D eigenvalue weighted by molar-refractivity contribution is 0.0581. The second kappa shape index (κ2) is 8.93. The molecule has 1 aromatic rings. The minimum absolute atomic E-state index is 0.0000749. The van der Waals surface area contributed by atoms with Gasteiger partial charge in [-0.1, -0.05) is 36.5 Å². The van der Waals surface area contributed by atoms with Crippen LogP contribution in [0.4, 0.5) is 4.79 Å². The van der Waals surface area contributed by atoms with E-state index in [1.165, 1.54) is 0 Å². The molecule has 2 saturated heterocycles. The summed E-state index contributed by atoms with van der Waals surface area (Å²) in [6, 6.07) is 5.00. The van der Waals surface area contributed by atoms with Crippen LogP contribution in [0.1, 0.15) is 43.0 Å². The summed E-state index contributed by atoms with van der Waals surface area (Å²) in [6.45, 7) is 4.83. The van der Waals surface area contributed by atoms with Crippen molar-refractivity contribution in [1.29, 1.82) is 0 Å². The normalized spacial score (nSPS) is 18.8. The fourth-order valence-electron chi connectivity index (χ4n) is 3.66. The number of likely N-dealkylation sites (tertiary alicyclic amines) is 1. The van der Waals surface area contributed by atoms with Gasteiger partial charge in [-0.25, -0.2) is 4.79 Å². The smallest absolute Gasteiger partial charge is 0.317 e. The molecule has 0 bridgehead atoms. The maximum atomic E-state index is 13.1. The Hall–Kier alpha value is -1.11. The highest BCUT2D eigenvalue weighted by atomic mass is 35.5. The molecule has 0 aliphatic carbocycles. The van der Waals surface area contributed by atoms with Gasteiger partial charge in [-0.2, -0.15) is 0 Å². The number of rotatable bonds is 4. The Balaban J connectivity index is 1.66. The number of urea groups is 1. The number of unbranched alkanes of at least 4 members (excludes halogenated alkanes) is 1. The molecule has 0 radical (unpaired) electrons. The predicted octanol–water partition coefficient (Wildman–Crippen LogP) is 4.48. The third-order valence-corrected chi connectivity index (χ3v) is 7.32. The van der Waals surface area contributed by atoms with E-state index in [4.69, 9.17) is 23.2 Å². The van der Waals surface area contributed by atoms with Crippen molar-refractivity contribution in [3.8, 4) is 0 Å². The molecule has 0 unspecified atom stereocenters. The first-order valence-electron chi connectivity index (χ1n) is 9.40. The number of halogens is 2. The van der Waals surface area contributed by atoms with Gasteiger partial charge in [-0.15, -0.1) is 11.8 Å². The molecule has 1 spiro atoms.